The zero-order valence-electron chi connectivity index (χ0n) is 18.3. The molecular weight excluding hydrogens is 413 g/mol. The molecule has 0 saturated heterocycles. The van der Waals surface area contributed by atoms with Gasteiger partial charge in [0.2, 0.25) is 0 Å². The molecule has 0 amide bonds. The van der Waals surface area contributed by atoms with Gasteiger partial charge >= 0.3 is 6.18 Å². The molecule has 3 aromatic carbocycles. The number of nitrogens with one attached hydrogen (secondary N) is 1. The Bertz CT molecular complexity index is 1240. The Morgan fingerprint density at radius 2 is 1.69 bits per heavy atom. The number of aryl methyl sites for hydroxylation is 1. The van der Waals surface area contributed by atoms with E-state index >= 15 is 0 Å². The molecule has 1 N–H and O–H groups in total. The minimum atomic E-state index is -4.37. The van der Waals surface area contributed by atoms with Gasteiger partial charge in [0.25, 0.3) is 0 Å². The topological polar surface area (TPSA) is 26.2 Å². The second-order valence-corrected chi connectivity index (χ2v) is 7.91. The summed E-state index contributed by atoms with van der Waals surface area (Å²) in [6, 6.07) is 19.6. The van der Waals surface area contributed by atoms with Crippen LogP contribution in [0, 0.1) is 13.8 Å². The fourth-order valence-electron chi connectivity index (χ4n) is 4.09. The van der Waals surface area contributed by atoms with Crippen LogP contribution in [0.25, 0.3) is 10.9 Å². The van der Waals surface area contributed by atoms with Crippen molar-refractivity contribution in [2.24, 2.45) is 0 Å². The molecule has 166 valence electrons. The lowest BCUT2D eigenvalue weighted by Crippen LogP contribution is -2.07. The summed E-state index contributed by atoms with van der Waals surface area (Å²) < 4.78 is 47.1. The molecule has 0 bridgehead atoms. The minimum absolute atomic E-state index is 0.400. The third-order valence-corrected chi connectivity index (χ3v) is 5.81. The summed E-state index contributed by atoms with van der Waals surface area (Å²) in [7, 11) is 1.64. The van der Waals surface area contributed by atoms with E-state index in [1.54, 1.807) is 13.2 Å². The van der Waals surface area contributed by atoms with Gasteiger partial charge < -0.3 is 14.6 Å². The number of rotatable bonds is 6. The molecule has 4 aromatic rings. The van der Waals surface area contributed by atoms with E-state index in [2.05, 4.69) is 28.1 Å². The fourth-order valence-corrected chi connectivity index (χ4v) is 4.09. The normalized spacial score (nSPS) is 11.7. The molecule has 3 nitrogen and oxygen atoms in total. The first-order chi connectivity index (χ1) is 15.3. The molecule has 32 heavy (non-hydrogen) atoms. The number of hydrogen-bond donors (Lipinski definition) is 1. The molecule has 0 aliphatic rings. The van der Waals surface area contributed by atoms with Crippen molar-refractivity contribution in [3.05, 3.63) is 94.7 Å². The average Bonchev–Trinajstić information content (AvgIpc) is 3.02. The van der Waals surface area contributed by atoms with Crippen LogP contribution in [0.15, 0.2) is 66.7 Å². The standard InChI is InChI=1S/C26H25F3N2O/c1-17-12-24-22(14-25(17)32-3)23(18(2)31(24)16-19-8-5-4-6-9-19)15-30-21-11-7-10-20(13-21)26(27,28)29/h4-14,30H,15-16H2,1-3H3. The summed E-state index contributed by atoms with van der Waals surface area (Å²) in [4.78, 5) is 0. The molecular formula is C26H25F3N2O. The molecule has 4 rings (SSSR count). The van der Waals surface area contributed by atoms with Crippen molar-refractivity contribution in [1.29, 1.82) is 0 Å². The molecule has 0 atom stereocenters. The van der Waals surface area contributed by atoms with E-state index in [-0.39, 0.29) is 0 Å². The van der Waals surface area contributed by atoms with Crippen molar-refractivity contribution in [2.45, 2.75) is 33.1 Å². The highest BCUT2D eigenvalue weighted by atomic mass is 19.4. The smallest absolute Gasteiger partial charge is 0.416 e. The van der Waals surface area contributed by atoms with Crippen LogP contribution in [0.1, 0.15) is 27.9 Å². The van der Waals surface area contributed by atoms with Crippen LogP contribution in [0.4, 0.5) is 18.9 Å². The van der Waals surface area contributed by atoms with Gasteiger partial charge in [-0.3, -0.25) is 0 Å². The first-order valence-corrected chi connectivity index (χ1v) is 10.4. The van der Waals surface area contributed by atoms with Crippen LogP contribution in [-0.2, 0) is 19.3 Å². The summed E-state index contributed by atoms with van der Waals surface area (Å²) >= 11 is 0. The largest absolute Gasteiger partial charge is 0.496 e. The molecule has 0 unspecified atom stereocenters. The van der Waals surface area contributed by atoms with E-state index in [1.807, 2.05) is 38.1 Å². The lowest BCUT2D eigenvalue weighted by molar-refractivity contribution is -0.137. The van der Waals surface area contributed by atoms with Crippen molar-refractivity contribution in [2.75, 3.05) is 12.4 Å². The predicted molar refractivity (Wildman–Crippen MR) is 122 cm³/mol. The second-order valence-electron chi connectivity index (χ2n) is 7.91. The Morgan fingerprint density at radius 1 is 0.938 bits per heavy atom. The number of methoxy groups -OCH3 is 1. The summed E-state index contributed by atoms with van der Waals surface area (Å²) in [6.45, 7) is 5.16. The number of fused-ring (bicyclic) bond motifs is 1. The van der Waals surface area contributed by atoms with Crippen LogP contribution >= 0.6 is 0 Å². The van der Waals surface area contributed by atoms with E-state index < -0.39 is 11.7 Å². The minimum Gasteiger partial charge on any atom is -0.496 e. The third-order valence-electron chi connectivity index (χ3n) is 5.81. The van der Waals surface area contributed by atoms with Gasteiger partial charge in [0.1, 0.15) is 5.75 Å². The molecule has 0 saturated carbocycles. The van der Waals surface area contributed by atoms with E-state index in [0.29, 0.717) is 18.8 Å². The molecule has 0 aliphatic heterocycles. The molecule has 1 heterocycles. The highest BCUT2D eigenvalue weighted by Gasteiger charge is 2.30. The Balaban J connectivity index is 1.74. The Labute approximate surface area is 185 Å². The summed E-state index contributed by atoms with van der Waals surface area (Å²) in [5, 5.41) is 4.21. The van der Waals surface area contributed by atoms with Crippen LogP contribution in [0.5, 0.6) is 5.75 Å². The van der Waals surface area contributed by atoms with Crippen molar-refractivity contribution >= 4 is 16.6 Å². The number of nitrogens with zero attached hydrogens (tertiary/aromatic N) is 1. The summed E-state index contributed by atoms with van der Waals surface area (Å²) in [5.74, 6) is 0.787. The number of benzene rings is 3. The van der Waals surface area contributed by atoms with Crippen molar-refractivity contribution in [3.63, 3.8) is 0 Å². The quantitative estimate of drug-likeness (QED) is 0.353. The molecule has 0 fully saturated rings. The maximum Gasteiger partial charge on any atom is 0.416 e. The van der Waals surface area contributed by atoms with Gasteiger partial charge in [-0.1, -0.05) is 36.4 Å². The summed E-state index contributed by atoms with van der Waals surface area (Å²) in [6.07, 6.45) is -4.37. The zero-order chi connectivity index (χ0) is 22.9. The van der Waals surface area contributed by atoms with Crippen molar-refractivity contribution in [3.8, 4) is 5.75 Å². The number of hydrogen-bond acceptors (Lipinski definition) is 2. The van der Waals surface area contributed by atoms with Gasteiger partial charge in [0.15, 0.2) is 0 Å². The van der Waals surface area contributed by atoms with Gasteiger partial charge in [0, 0.05) is 35.4 Å². The van der Waals surface area contributed by atoms with Crippen molar-refractivity contribution in [1.82, 2.24) is 4.57 Å². The first-order valence-electron chi connectivity index (χ1n) is 10.4. The zero-order valence-corrected chi connectivity index (χ0v) is 18.3. The maximum absolute atomic E-state index is 13.1. The predicted octanol–water partition coefficient (Wildman–Crippen LogP) is 6.95. The molecule has 0 spiro atoms. The number of alkyl halides is 3. The monoisotopic (exact) mass is 438 g/mol. The maximum atomic E-state index is 13.1. The SMILES string of the molecule is COc1cc2c(CNc3cccc(C(F)(F)F)c3)c(C)n(Cc3ccccc3)c2cc1C. The second kappa shape index (κ2) is 8.61. The van der Waals surface area contributed by atoms with Crippen LogP contribution in [-0.4, -0.2) is 11.7 Å². The third kappa shape index (κ3) is 4.31. The Hall–Kier alpha value is -3.41. The lowest BCUT2D eigenvalue weighted by Gasteiger charge is -2.12. The van der Waals surface area contributed by atoms with Gasteiger partial charge in [-0.05, 0) is 60.9 Å². The van der Waals surface area contributed by atoms with E-state index in [1.165, 1.54) is 11.6 Å². The van der Waals surface area contributed by atoms with Crippen LogP contribution in [0.3, 0.4) is 0 Å². The Kier molecular flexibility index (Phi) is 5.87. The van der Waals surface area contributed by atoms with E-state index in [9.17, 15) is 13.2 Å². The fraction of sp³-hybridized carbons (Fsp3) is 0.231. The van der Waals surface area contributed by atoms with Gasteiger partial charge in [0.05, 0.1) is 12.7 Å². The van der Waals surface area contributed by atoms with Gasteiger partial charge in [-0.2, -0.15) is 13.2 Å². The van der Waals surface area contributed by atoms with Crippen LogP contribution in [0.2, 0.25) is 0 Å². The number of halogens is 3. The molecule has 6 heteroatoms. The molecule has 0 aliphatic carbocycles. The number of anilines is 1. The molecule has 0 radical (unpaired) electrons. The van der Waals surface area contributed by atoms with Crippen molar-refractivity contribution < 1.29 is 17.9 Å². The van der Waals surface area contributed by atoms with Gasteiger partial charge in [-0.25, -0.2) is 0 Å². The summed E-state index contributed by atoms with van der Waals surface area (Å²) in [5.41, 5.74) is 5.15. The number of ether oxygens (including phenoxy) is 1. The number of aromatic nitrogens is 1. The average molecular weight is 438 g/mol. The highest BCUT2D eigenvalue weighted by Crippen LogP contribution is 2.34. The van der Waals surface area contributed by atoms with Crippen LogP contribution < -0.4 is 10.1 Å². The van der Waals surface area contributed by atoms with E-state index in [0.717, 1.165) is 45.6 Å². The lowest BCUT2D eigenvalue weighted by atomic mass is 10.1. The van der Waals surface area contributed by atoms with E-state index in [4.69, 9.17) is 4.74 Å². The first kappa shape index (κ1) is 21.8. The molecule has 1 aromatic heterocycles. The Morgan fingerprint density at radius 3 is 2.38 bits per heavy atom. The highest BCUT2D eigenvalue weighted by molar-refractivity contribution is 5.88. The van der Waals surface area contributed by atoms with Gasteiger partial charge in [-0.15, -0.1) is 0 Å².